The molecule has 24 heavy (non-hydrogen) atoms. The zero-order chi connectivity index (χ0) is 17.1. The van der Waals surface area contributed by atoms with Gasteiger partial charge in [-0.05, 0) is 49.0 Å². The quantitative estimate of drug-likeness (QED) is 0.673. The van der Waals surface area contributed by atoms with Crippen LogP contribution in [0.4, 0.5) is 5.69 Å². The van der Waals surface area contributed by atoms with E-state index in [4.69, 9.17) is 10.8 Å². The summed E-state index contributed by atoms with van der Waals surface area (Å²) in [5, 5.41) is 16.4. The molecular formula is C19H23N5. The minimum Gasteiger partial charge on any atom is -0.369 e. The molecule has 124 valence electrons. The molecular weight excluding hydrogens is 298 g/mol. The Bertz CT molecular complexity index is 795. The molecule has 1 aliphatic rings. The number of anilines is 1. The van der Waals surface area contributed by atoms with Crippen LogP contribution >= 0.6 is 0 Å². The molecule has 5 heteroatoms. The molecule has 1 aliphatic heterocycles. The van der Waals surface area contributed by atoms with Crippen LogP contribution in [-0.2, 0) is 0 Å². The van der Waals surface area contributed by atoms with Crippen LogP contribution in [0.3, 0.4) is 0 Å². The molecule has 0 radical (unpaired) electrons. The summed E-state index contributed by atoms with van der Waals surface area (Å²) in [5.74, 6) is 0.300. The molecule has 1 aromatic heterocycles. The first-order valence-electron chi connectivity index (χ1n) is 8.11. The Morgan fingerprint density at radius 1 is 1.04 bits per heavy atom. The van der Waals surface area contributed by atoms with Gasteiger partial charge in [0.05, 0.1) is 0 Å². The van der Waals surface area contributed by atoms with E-state index >= 15 is 0 Å². The van der Waals surface area contributed by atoms with Crippen molar-refractivity contribution in [3.63, 3.8) is 0 Å². The second kappa shape index (κ2) is 6.84. The van der Waals surface area contributed by atoms with Gasteiger partial charge in [-0.25, -0.2) is 0 Å². The van der Waals surface area contributed by atoms with Gasteiger partial charge in [0.25, 0.3) is 0 Å². The van der Waals surface area contributed by atoms with Gasteiger partial charge < -0.3 is 9.80 Å². The van der Waals surface area contributed by atoms with Crippen molar-refractivity contribution >= 4 is 17.6 Å². The van der Waals surface area contributed by atoms with Crippen LogP contribution in [0.15, 0.2) is 49.2 Å². The molecule has 2 heterocycles. The summed E-state index contributed by atoms with van der Waals surface area (Å²) in [4.78, 5) is 4.70. The standard InChI is InChI=1S/C19H23N5/c1-3-15-4-9-18(20)24(14-15)19(21)16-5-7-17(8-6-16)23-12-10-22(2)11-13-23/h3-9,14,20-21H,1,10-13H2,2H3. The summed E-state index contributed by atoms with van der Waals surface area (Å²) in [6.07, 6.45) is 3.49. The normalized spacial score (nSPS) is 15.3. The highest BCUT2D eigenvalue weighted by atomic mass is 15.2. The van der Waals surface area contributed by atoms with E-state index in [0.29, 0.717) is 5.84 Å². The Morgan fingerprint density at radius 2 is 1.71 bits per heavy atom. The number of pyridine rings is 1. The molecule has 3 rings (SSSR count). The third-order valence-corrected chi connectivity index (χ3v) is 4.46. The van der Waals surface area contributed by atoms with Gasteiger partial charge in [0, 0.05) is 43.6 Å². The topological polar surface area (TPSA) is 59.1 Å². The summed E-state index contributed by atoms with van der Waals surface area (Å²) in [5.41, 5.74) is 3.17. The van der Waals surface area contributed by atoms with Gasteiger partial charge in [-0.2, -0.15) is 0 Å². The predicted molar refractivity (Wildman–Crippen MR) is 98.8 cm³/mol. The molecule has 0 atom stereocenters. The second-order valence-electron chi connectivity index (χ2n) is 6.11. The van der Waals surface area contributed by atoms with Gasteiger partial charge >= 0.3 is 0 Å². The zero-order valence-corrected chi connectivity index (χ0v) is 14.0. The summed E-state index contributed by atoms with van der Waals surface area (Å²) < 4.78 is 1.57. The summed E-state index contributed by atoms with van der Waals surface area (Å²) in [6.45, 7) is 7.95. The number of benzene rings is 1. The summed E-state index contributed by atoms with van der Waals surface area (Å²) >= 11 is 0. The lowest BCUT2D eigenvalue weighted by Crippen LogP contribution is -2.44. The lowest BCUT2D eigenvalue weighted by molar-refractivity contribution is 0.313. The van der Waals surface area contributed by atoms with E-state index < -0.39 is 0 Å². The van der Waals surface area contributed by atoms with E-state index in [1.54, 1.807) is 22.9 Å². The number of nitrogens with zero attached hydrogens (tertiary/aromatic N) is 3. The number of hydrogen-bond donors (Lipinski definition) is 2. The van der Waals surface area contributed by atoms with Crippen LogP contribution < -0.4 is 10.4 Å². The first-order valence-corrected chi connectivity index (χ1v) is 8.11. The third kappa shape index (κ3) is 3.31. The Morgan fingerprint density at radius 3 is 2.33 bits per heavy atom. The van der Waals surface area contributed by atoms with Gasteiger partial charge in [0.2, 0.25) is 0 Å². The van der Waals surface area contributed by atoms with Crippen molar-refractivity contribution < 1.29 is 0 Å². The largest absolute Gasteiger partial charge is 0.369 e. The molecule has 0 amide bonds. The maximum absolute atomic E-state index is 8.41. The highest BCUT2D eigenvalue weighted by molar-refractivity contribution is 5.98. The first kappa shape index (κ1) is 16.2. The van der Waals surface area contributed by atoms with Crippen molar-refractivity contribution in [2.45, 2.75) is 0 Å². The zero-order valence-electron chi connectivity index (χ0n) is 14.0. The molecule has 5 nitrogen and oxygen atoms in total. The minimum absolute atomic E-state index is 0.286. The second-order valence-corrected chi connectivity index (χ2v) is 6.11. The summed E-state index contributed by atoms with van der Waals surface area (Å²) in [6, 6.07) is 11.6. The monoisotopic (exact) mass is 321 g/mol. The first-order chi connectivity index (χ1) is 11.6. The Balaban J connectivity index is 1.82. The number of aromatic nitrogens is 1. The van der Waals surface area contributed by atoms with Crippen molar-refractivity contribution in [2.75, 3.05) is 38.1 Å². The van der Waals surface area contributed by atoms with E-state index in [9.17, 15) is 0 Å². The van der Waals surface area contributed by atoms with Crippen molar-refractivity contribution in [3.8, 4) is 0 Å². The van der Waals surface area contributed by atoms with E-state index in [0.717, 1.165) is 37.3 Å². The van der Waals surface area contributed by atoms with Gasteiger partial charge in [-0.15, -0.1) is 0 Å². The third-order valence-electron chi connectivity index (χ3n) is 4.46. The highest BCUT2D eigenvalue weighted by Crippen LogP contribution is 2.17. The molecule has 1 aromatic carbocycles. The van der Waals surface area contributed by atoms with Gasteiger partial charge in [-0.1, -0.05) is 12.7 Å². The van der Waals surface area contributed by atoms with Crippen LogP contribution in [0.5, 0.6) is 0 Å². The molecule has 0 aliphatic carbocycles. The Labute approximate surface area is 142 Å². The van der Waals surface area contributed by atoms with Crippen molar-refractivity contribution in [1.82, 2.24) is 9.47 Å². The molecule has 0 saturated carbocycles. The van der Waals surface area contributed by atoms with Crippen LogP contribution in [0.1, 0.15) is 11.1 Å². The van der Waals surface area contributed by atoms with E-state index in [1.807, 2.05) is 18.2 Å². The fourth-order valence-corrected chi connectivity index (χ4v) is 2.86. The fourth-order valence-electron chi connectivity index (χ4n) is 2.86. The van der Waals surface area contributed by atoms with Crippen LogP contribution in [-0.4, -0.2) is 48.5 Å². The average Bonchev–Trinajstić information content (AvgIpc) is 2.62. The average molecular weight is 321 g/mol. The smallest absolute Gasteiger partial charge is 0.137 e. The number of nitrogens with one attached hydrogen (secondary N) is 2. The van der Waals surface area contributed by atoms with Crippen LogP contribution in [0, 0.1) is 10.8 Å². The molecule has 0 unspecified atom stereocenters. The van der Waals surface area contributed by atoms with E-state index in [1.165, 1.54) is 5.69 Å². The van der Waals surface area contributed by atoms with Gasteiger partial charge in [-0.3, -0.25) is 15.4 Å². The molecule has 0 bridgehead atoms. The molecule has 2 aromatic rings. The van der Waals surface area contributed by atoms with E-state index in [2.05, 4.69) is 35.6 Å². The summed E-state index contributed by atoms with van der Waals surface area (Å²) in [7, 11) is 2.15. The predicted octanol–water partition coefficient (Wildman–Crippen LogP) is 2.24. The number of rotatable bonds is 3. The lowest BCUT2D eigenvalue weighted by atomic mass is 10.1. The number of likely N-dealkylation sites (N-methyl/N-ethyl adjacent to an activating group) is 1. The van der Waals surface area contributed by atoms with Crippen LogP contribution in [0.25, 0.3) is 6.08 Å². The SMILES string of the molecule is C=Cc1ccc(=N)n(C(=N)c2ccc(N3CCN(C)CC3)cc2)c1. The fraction of sp³-hybridized carbons (Fsp3) is 0.263. The van der Waals surface area contributed by atoms with Crippen molar-refractivity contribution in [3.05, 3.63) is 65.8 Å². The maximum Gasteiger partial charge on any atom is 0.137 e. The number of piperazine rings is 1. The molecule has 1 fully saturated rings. The maximum atomic E-state index is 8.41. The van der Waals surface area contributed by atoms with Gasteiger partial charge in [0.15, 0.2) is 0 Å². The van der Waals surface area contributed by atoms with Crippen LogP contribution in [0.2, 0.25) is 0 Å². The van der Waals surface area contributed by atoms with Crippen molar-refractivity contribution in [2.24, 2.45) is 0 Å². The Hall–Kier alpha value is -2.66. The van der Waals surface area contributed by atoms with Crippen molar-refractivity contribution in [1.29, 1.82) is 10.8 Å². The number of hydrogen-bond acceptors (Lipinski definition) is 4. The van der Waals surface area contributed by atoms with Gasteiger partial charge in [0.1, 0.15) is 11.3 Å². The molecule has 0 spiro atoms. The molecule has 1 saturated heterocycles. The Kier molecular flexibility index (Phi) is 4.62. The lowest BCUT2D eigenvalue weighted by Gasteiger charge is -2.34. The highest BCUT2D eigenvalue weighted by Gasteiger charge is 2.14. The molecule has 2 N–H and O–H groups in total. The minimum atomic E-state index is 0.286. The van der Waals surface area contributed by atoms with E-state index in [-0.39, 0.29) is 5.49 Å².